The van der Waals surface area contributed by atoms with Crippen LogP contribution in [-0.2, 0) is 6.42 Å². The van der Waals surface area contributed by atoms with Crippen molar-refractivity contribution in [2.24, 2.45) is 17.3 Å². The normalized spacial score (nSPS) is 20.1. The number of rotatable bonds is 7. The zero-order chi connectivity index (χ0) is 25.9. The van der Waals surface area contributed by atoms with E-state index in [1.807, 2.05) is 18.2 Å². The van der Waals surface area contributed by atoms with Gasteiger partial charge in [-0.2, -0.15) is 0 Å². The third kappa shape index (κ3) is 6.97. The number of likely N-dealkylation sites (tertiary alicyclic amines) is 2. The minimum absolute atomic E-state index is 0.275. The van der Waals surface area contributed by atoms with Crippen LogP contribution in [-0.4, -0.2) is 42.5 Å². The Morgan fingerprint density at radius 1 is 0.972 bits per heavy atom. The molecule has 0 aliphatic carbocycles. The van der Waals surface area contributed by atoms with Crippen molar-refractivity contribution in [1.29, 1.82) is 0 Å². The molecule has 0 spiro atoms. The van der Waals surface area contributed by atoms with Crippen molar-refractivity contribution >= 4 is 5.70 Å². The van der Waals surface area contributed by atoms with Crippen molar-refractivity contribution in [3.8, 4) is 11.1 Å². The third-order valence-corrected chi connectivity index (χ3v) is 7.91. The van der Waals surface area contributed by atoms with Crippen molar-refractivity contribution in [3.05, 3.63) is 65.7 Å². The van der Waals surface area contributed by atoms with Crippen molar-refractivity contribution in [2.75, 3.05) is 32.7 Å². The Bertz CT molecular complexity index is 1050. The highest BCUT2D eigenvalue weighted by Crippen LogP contribution is 2.31. The Labute approximate surface area is 217 Å². The zero-order valence-electron chi connectivity index (χ0n) is 22.8. The Morgan fingerprint density at radius 2 is 1.72 bits per heavy atom. The lowest BCUT2D eigenvalue weighted by Crippen LogP contribution is -2.39. The van der Waals surface area contributed by atoms with E-state index in [0.29, 0.717) is 33.9 Å². The molecule has 1 unspecified atom stereocenters. The fourth-order valence-electron chi connectivity index (χ4n) is 5.94. The van der Waals surface area contributed by atoms with Gasteiger partial charge in [0.15, 0.2) is 0 Å². The molecule has 4 rings (SSSR count). The highest BCUT2D eigenvalue weighted by Gasteiger charge is 2.23. The first kappa shape index (κ1) is 26.9. The Kier molecular flexibility index (Phi) is 8.55. The molecule has 2 aliphatic heterocycles. The summed E-state index contributed by atoms with van der Waals surface area (Å²) in [5.74, 6) is 0.689. The molecule has 2 aromatic rings. The molecule has 2 saturated heterocycles. The van der Waals surface area contributed by atoms with Crippen LogP contribution in [0.1, 0.15) is 70.9 Å². The Balaban J connectivity index is 1.35. The van der Waals surface area contributed by atoms with E-state index in [4.69, 9.17) is 0 Å². The minimum Gasteiger partial charge on any atom is -0.371 e. The standard InChI is InChI=1S/C32H44F2N2/c1-23-7-6-16-36(21-23)24(2)28-13-11-27(20-31(28)34)29-12-10-26(19-30(29)33)9-8-25-14-17-35(18-15-25)22-32(3,4)5/h10-13,19-20,23,25H,2,6-9,14-18,21-22H2,1,3-5H3. The lowest BCUT2D eigenvalue weighted by atomic mass is 9.88. The molecule has 4 heteroatoms. The number of piperidine rings is 2. The van der Waals surface area contributed by atoms with E-state index in [9.17, 15) is 0 Å². The van der Waals surface area contributed by atoms with Gasteiger partial charge in [-0.3, -0.25) is 0 Å². The van der Waals surface area contributed by atoms with Gasteiger partial charge in [-0.15, -0.1) is 0 Å². The fraction of sp³-hybridized carbons (Fsp3) is 0.562. The molecule has 2 aromatic carbocycles. The zero-order valence-corrected chi connectivity index (χ0v) is 22.8. The Hall–Kier alpha value is -2.20. The molecule has 0 radical (unpaired) electrons. The lowest BCUT2D eigenvalue weighted by Gasteiger charge is -2.36. The van der Waals surface area contributed by atoms with E-state index in [2.05, 4.69) is 44.1 Å². The van der Waals surface area contributed by atoms with E-state index < -0.39 is 0 Å². The molecule has 2 heterocycles. The van der Waals surface area contributed by atoms with Crippen molar-refractivity contribution in [3.63, 3.8) is 0 Å². The average Bonchev–Trinajstić information content (AvgIpc) is 2.82. The van der Waals surface area contributed by atoms with Crippen LogP contribution in [0, 0.1) is 28.9 Å². The van der Waals surface area contributed by atoms with Crippen LogP contribution in [0.3, 0.4) is 0 Å². The van der Waals surface area contributed by atoms with Gasteiger partial charge in [0.05, 0.1) is 0 Å². The smallest absolute Gasteiger partial charge is 0.133 e. The SMILES string of the molecule is C=C(c1ccc(-c2ccc(CCC3CCN(CC(C)(C)C)CC3)cc2F)cc1F)N1CCCC(C)C1. The van der Waals surface area contributed by atoms with E-state index in [1.165, 1.54) is 38.4 Å². The molecule has 2 nitrogen and oxygen atoms in total. The summed E-state index contributed by atoms with van der Waals surface area (Å²) in [5, 5.41) is 0. The molecular formula is C32H44F2N2. The van der Waals surface area contributed by atoms with E-state index >= 15 is 8.78 Å². The van der Waals surface area contributed by atoms with Crippen LogP contribution in [0.2, 0.25) is 0 Å². The minimum atomic E-state index is -0.336. The van der Waals surface area contributed by atoms with E-state index in [0.717, 1.165) is 50.2 Å². The molecule has 2 aliphatic rings. The van der Waals surface area contributed by atoms with Gasteiger partial charge in [-0.1, -0.05) is 52.5 Å². The van der Waals surface area contributed by atoms with Gasteiger partial charge in [-0.05, 0) is 98.2 Å². The number of benzene rings is 2. The van der Waals surface area contributed by atoms with Gasteiger partial charge < -0.3 is 9.80 Å². The van der Waals surface area contributed by atoms with Crippen LogP contribution in [0.25, 0.3) is 16.8 Å². The molecule has 0 aromatic heterocycles. The van der Waals surface area contributed by atoms with Crippen LogP contribution < -0.4 is 0 Å². The largest absolute Gasteiger partial charge is 0.371 e. The van der Waals surface area contributed by atoms with E-state index in [1.54, 1.807) is 12.1 Å². The first-order valence-corrected chi connectivity index (χ1v) is 13.8. The maximum atomic E-state index is 15.1. The van der Waals surface area contributed by atoms with Crippen LogP contribution in [0.5, 0.6) is 0 Å². The number of hydrogen-bond donors (Lipinski definition) is 0. The fourth-order valence-corrected chi connectivity index (χ4v) is 5.94. The third-order valence-electron chi connectivity index (χ3n) is 7.91. The molecule has 196 valence electrons. The van der Waals surface area contributed by atoms with Crippen molar-refractivity contribution in [2.45, 2.75) is 66.2 Å². The molecular weight excluding hydrogens is 450 g/mol. The second-order valence-corrected chi connectivity index (χ2v) is 12.5. The Morgan fingerprint density at radius 3 is 2.36 bits per heavy atom. The van der Waals surface area contributed by atoms with Crippen LogP contribution in [0.15, 0.2) is 43.0 Å². The number of hydrogen-bond acceptors (Lipinski definition) is 2. The molecule has 0 N–H and O–H groups in total. The van der Waals surface area contributed by atoms with Gasteiger partial charge in [0.25, 0.3) is 0 Å². The maximum Gasteiger partial charge on any atom is 0.133 e. The monoisotopic (exact) mass is 494 g/mol. The molecule has 2 fully saturated rings. The summed E-state index contributed by atoms with van der Waals surface area (Å²) < 4.78 is 30.2. The maximum absolute atomic E-state index is 15.1. The topological polar surface area (TPSA) is 6.48 Å². The van der Waals surface area contributed by atoms with E-state index in [-0.39, 0.29) is 11.6 Å². The first-order chi connectivity index (χ1) is 17.1. The predicted molar refractivity (Wildman–Crippen MR) is 148 cm³/mol. The molecule has 1 atom stereocenters. The summed E-state index contributed by atoms with van der Waals surface area (Å²) in [6.07, 6.45) is 6.75. The van der Waals surface area contributed by atoms with Crippen molar-refractivity contribution in [1.82, 2.24) is 9.80 Å². The number of halogens is 2. The van der Waals surface area contributed by atoms with Crippen LogP contribution in [0.4, 0.5) is 8.78 Å². The van der Waals surface area contributed by atoms with Crippen LogP contribution >= 0.6 is 0 Å². The first-order valence-electron chi connectivity index (χ1n) is 13.8. The summed E-state index contributed by atoms with van der Waals surface area (Å²) in [6.45, 7) is 18.6. The van der Waals surface area contributed by atoms with Gasteiger partial charge in [0.2, 0.25) is 0 Å². The van der Waals surface area contributed by atoms with Gasteiger partial charge in [0.1, 0.15) is 11.6 Å². The van der Waals surface area contributed by atoms with Gasteiger partial charge in [0, 0.05) is 36.5 Å². The van der Waals surface area contributed by atoms with Crippen molar-refractivity contribution < 1.29 is 8.78 Å². The highest BCUT2D eigenvalue weighted by atomic mass is 19.1. The summed E-state index contributed by atoms with van der Waals surface area (Å²) in [6, 6.07) is 10.5. The quantitative estimate of drug-likeness (QED) is 0.384. The second kappa shape index (κ2) is 11.5. The molecule has 36 heavy (non-hydrogen) atoms. The molecule has 0 saturated carbocycles. The molecule has 0 bridgehead atoms. The van der Waals surface area contributed by atoms with Gasteiger partial charge >= 0.3 is 0 Å². The molecule has 0 amide bonds. The summed E-state index contributed by atoms with van der Waals surface area (Å²) in [4.78, 5) is 4.76. The lowest BCUT2D eigenvalue weighted by molar-refractivity contribution is 0.133. The highest BCUT2D eigenvalue weighted by molar-refractivity contribution is 5.70. The van der Waals surface area contributed by atoms with Gasteiger partial charge in [-0.25, -0.2) is 8.78 Å². The number of nitrogens with zero attached hydrogens (tertiary/aromatic N) is 2. The average molecular weight is 495 g/mol. The second-order valence-electron chi connectivity index (χ2n) is 12.5. The summed E-state index contributed by atoms with van der Waals surface area (Å²) in [7, 11) is 0. The number of aryl methyl sites for hydroxylation is 1. The summed E-state index contributed by atoms with van der Waals surface area (Å²) >= 11 is 0. The summed E-state index contributed by atoms with van der Waals surface area (Å²) in [5.41, 5.74) is 3.64. The predicted octanol–water partition coefficient (Wildman–Crippen LogP) is 8.03.